The molecule has 1 nitrogen and oxygen atoms in total. The molecule has 22 heavy (non-hydrogen) atoms. The maximum Gasteiger partial charge on any atom is 0.0615 e. The first-order valence-corrected chi connectivity index (χ1v) is 9.56. The molecule has 0 heterocycles. The number of hydrogen-bond donors (Lipinski definition) is 1. The molecule has 1 N–H and O–H groups in total. The van der Waals surface area contributed by atoms with Gasteiger partial charge in [-0.25, -0.2) is 0 Å². The average molecular weight is 300 g/mol. The quantitative estimate of drug-likeness (QED) is 0.667. The second-order valence-corrected chi connectivity index (χ2v) is 8.94. The zero-order chi connectivity index (χ0) is 15.4. The summed E-state index contributed by atoms with van der Waals surface area (Å²) in [5.74, 6) is 3.62. The van der Waals surface area contributed by atoms with Gasteiger partial charge in [0.25, 0.3) is 0 Å². The van der Waals surface area contributed by atoms with Crippen molar-refractivity contribution >= 4 is 0 Å². The SMILES string of the molecule is C[C@]12CCC=CC1CC[C@@H]1[C@@H]2CC[C@]2(C)C(=CCO)CC[C@@H]12. The molecular formula is C21H32O. The second-order valence-electron chi connectivity index (χ2n) is 8.94. The van der Waals surface area contributed by atoms with E-state index in [4.69, 9.17) is 0 Å². The Morgan fingerprint density at radius 3 is 2.82 bits per heavy atom. The smallest absolute Gasteiger partial charge is 0.0615 e. The van der Waals surface area contributed by atoms with Crippen LogP contribution in [0, 0.1) is 34.5 Å². The molecule has 4 rings (SSSR count). The van der Waals surface area contributed by atoms with Gasteiger partial charge < -0.3 is 5.11 Å². The molecule has 3 saturated carbocycles. The number of rotatable bonds is 1. The number of aliphatic hydroxyl groups is 1. The van der Waals surface area contributed by atoms with Gasteiger partial charge >= 0.3 is 0 Å². The second kappa shape index (κ2) is 5.23. The molecule has 1 unspecified atom stereocenters. The van der Waals surface area contributed by atoms with Crippen LogP contribution in [-0.4, -0.2) is 11.7 Å². The maximum absolute atomic E-state index is 9.38. The number of hydrogen-bond acceptors (Lipinski definition) is 1. The molecule has 122 valence electrons. The van der Waals surface area contributed by atoms with E-state index in [1.165, 1.54) is 51.4 Å². The van der Waals surface area contributed by atoms with E-state index < -0.39 is 0 Å². The molecule has 0 aliphatic heterocycles. The van der Waals surface area contributed by atoms with Crippen LogP contribution < -0.4 is 0 Å². The summed E-state index contributed by atoms with van der Waals surface area (Å²) in [5, 5.41) is 9.38. The van der Waals surface area contributed by atoms with Gasteiger partial charge in [-0.3, -0.25) is 0 Å². The van der Waals surface area contributed by atoms with Crippen molar-refractivity contribution < 1.29 is 5.11 Å². The zero-order valence-corrected chi connectivity index (χ0v) is 14.4. The molecule has 1 heteroatoms. The van der Waals surface area contributed by atoms with E-state index in [0.717, 1.165) is 23.7 Å². The summed E-state index contributed by atoms with van der Waals surface area (Å²) in [7, 11) is 0. The highest BCUT2D eigenvalue weighted by molar-refractivity contribution is 5.24. The van der Waals surface area contributed by atoms with Crippen LogP contribution in [0.5, 0.6) is 0 Å². The Bertz CT molecular complexity index is 504. The molecular weight excluding hydrogens is 268 g/mol. The number of allylic oxidation sites excluding steroid dienone is 3. The molecule has 0 aromatic heterocycles. The van der Waals surface area contributed by atoms with Crippen molar-refractivity contribution in [1.82, 2.24) is 0 Å². The van der Waals surface area contributed by atoms with Crippen LogP contribution in [0.2, 0.25) is 0 Å². The monoisotopic (exact) mass is 300 g/mol. The van der Waals surface area contributed by atoms with Crippen molar-refractivity contribution in [2.24, 2.45) is 34.5 Å². The predicted molar refractivity (Wildman–Crippen MR) is 91.4 cm³/mol. The lowest BCUT2D eigenvalue weighted by Crippen LogP contribution is -2.51. The molecule has 0 saturated heterocycles. The van der Waals surface area contributed by atoms with Crippen LogP contribution in [0.4, 0.5) is 0 Å². The lowest BCUT2D eigenvalue weighted by atomic mass is 9.46. The highest BCUT2D eigenvalue weighted by Gasteiger charge is 2.57. The fraction of sp³-hybridized carbons (Fsp3) is 0.810. The van der Waals surface area contributed by atoms with E-state index in [1.54, 1.807) is 5.57 Å². The lowest BCUT2D eigenvalue weighted by molar-refractivity contribution is -0.0739. The van der Waals surface area contributed by atoms with Gasteiger partial charge in [-0.1, -0.05) is 37.6 Å². The Labute approximate surface area is 135 Å². The number of fused-ring (bicyclic) bond motifs is 5. The Hall–Kier alpha value is -0.560. The Kier molecular flexibility index (Phi) is 3.56. The Balaban J connectivity index is 1.65. The Morgan fingerprint density at radius 2 is 2.00 bits per heavy atom. The normalized spacial score (nSPS) is 52.2. The van der Waals surface area contributed by atoms with Gasteiger partial charge in [0, 0.05) is 0 Å². The van der Waals surface area contributed by atoms with E-state index in [-0.39, 0.29) is 6.61 Å². The first-order valence-electron chi connectivity index (χ1n) is 9.56. The minimum absolute atomic E-state index is 0.232. The standard InChI is InChI=1S/C21H32O/c1-20-12-4-3-5-15(20)6-8-17-18-9-7-16(11-14-22)21(18,2)13-10-19(17)20/h3,5,11,15,17-19,22H,4,6-10,12-14H2,1-2H3/t15?,17-,18-,19-,20-,21+/m0/s1. The van der Waals surface area contributed by atoms with E-state index in [9.17, 15) is 5.11 Å². The average Bonchev–Trinajstić information content (AvgIpc) is 2.84. The topological polar surface area (TPSA) is 20.2 Å². The molecule has 0 radical (unpaired) electrons. The molecule has 0 amide bonds. The summed E-state index contributed by atoms with van der Waals surface area (Å²) in [6.45, 7) is 5.36. The van der Waals surface area contributed by atoms with Crippen LogP contribution in [0.1, 0.15) is 65.2 Å². The highest BCUT2D eigenvalue weighted by atomic mass is 16.2. The maximum atomic E-state index is 9.38. The fourth-order valence-electron chi connectivity index (χ4n) is 7.12. The van der Waals surface area contributed by atoms with E-state index >= 15 is 0 Å². The minimum Gasteiger partial charge on any atom is -0.392 e. The van der Waals surface area contributed by atoms with Crippen molar-refractivity contribution in [1.29, 1.82) is 0 Å². The van der Waals surface area contributed by atoms with Gasteiger partial charge in [-0.05, 0) is 85.9 Å². The molecule has 3 fully saturated rings. The van der Waals surface area contributed by atoms with Crippen molar-refractivity contribution in [3.8, 4) is 0 Å². The summed E-state index contributed by atoms with van der Waals surface area (Å²) in [6, 6.07) is 0. The summed E-state index contributed by atoms with van der Waals surface area (Å²) in [6.07, 6.45) is 18.1. The summed E-state index contributed by atoms with van der Waals surface area (Å²) in [5.41, 5.74) is 2.55. The molecule has 4 aliphatic carbocycles. The molecule has 0 aromatic rings. The number of aliphatic hydroxyl groups excluding tert-OH is 1. The van der Waals surface area contributed by atoms with Crippen molar-refractivity contribution in [3.63, 3.8) is 0 Å². The van der Waals surface area contributed by atoms with Crippen LogP contribution in [0.25, 0.3) is 0 Å². The van der Waals surface area contributed by atoms with E-state index in [1.807, 2.05) is 0 Å². The Morgan fingerprint density at radius 1 is 1.14 bits per heavy atom. The molecule has 4 aliphatic rings. The first kappa shape index (κ1) is 15.0. The van der Waals surface area contributed by atoms with Gasteiger partial charge in [0.1, 0.15) is 0 Å². The van der Waals surface area contributed by atoms with Gasteiger partial charge in [0.2, 0.25) is 0 Å². The van der Waals surface area contributed by atoms with E-state index in [0.29, 0.717) is 10.8 Å². The van der Waals surface area contributed by atoms with Crippen LogP contribution in [0.3, 0.4) is 0 Å². The van der Waals surface area contributed by atoms with Crippen LogP contribution >= 0.6 is 0 Å². The zero-order valence-electron chi connectivity index (χ0n) is 14.4. The summed E-state index contributed by atoms with van der Waals surface area (Å²) >= 11 is 0. The van der Waals surface area contributed by atoms with Gasteiger partial charge in [0.15, 0.2) is 0 Å². The fourth-order valence-corrected chi connectivity index (χ4v) is 7.12. The van der Waals surface area contributed by atoms with Crippen LogP contribution in [0.15, 0.2) is 23.8 Å². The van der Waals surface area contributed by atoms with Gasteiger partial charge in [-0.15, -0.1) is 0 Å². The van der Waals surface area contributed by atoms with Crippen molar-refractivity contribution in [2.75, 3.05) is 6.61 Å². The molecule has 6 atom stereocenters. The largest absolute Gasteiger partial charge is 0.392 e. The summed E-state index contributed by atoms with van der Waals surface area (Å²) < 4.78 is 0. The highest BCUT2D eigenvalue weighted by Crippen LogP contribution is 2.66. The van der Waals surface area contributed by atoms with Crippen molar-refractivity contribution in [3.05, 3.63) is 23.8 Å². The van der Waals surface area contributed by atoms with Gasteiger partial charge in [-0.2, -0.15) is 0 Å². The van der Waals surface area contributed by atoms with Gasteiger partial charge in [0.05, 0.1) is 6.61 Å². The van der Waals surface area contributed by atoms with Crippen molar-refractivity contribution in [2.45, 2.75) is 65.2 Å². The third kappa shape index (κ3) is 1.94. The summed E-state index contributed by atoms with van der Waals surface area (Å²) in [4.78, 5) is 0. The molecule has 0 bridgehead atoms. The lowest BCUT2D eigenvalue weighted by Gasteiger charge is -2.59. The molecule has 0 spiro atoms. The first-order chi connectivity index (χ1) is 10.6. The molecule has 0 aromatic carbocycles. The van der Waals surface area contributed by atoms with Crippen LogP contribution in [-0.2, 0) is 0 Å². The predicted octanol–water partition coefficient (Wildman–Crippen LogP) is 5.11. The third-order valence-corrected chi connectivity index (χ3v) is 8.35. The van der Waals surface area contributed by atoms with E-state index in [2.05, 4.69) is 32.1 Å². The third-order valence-electron chi connectivity index (χ3n) is 8.35. The minimum atomic E-state index is 0.232.